The largest absolute Gasteiger partial charge is 0.462 e. The van der Waals surface area contributed by atoms with E-state index in [1.54, 1.807) is 25.3 Å². The van der Waals surface area contributed by atoms with Crippen molar-refractivity contribution in [3.63, 3.8) is 0 Å². The zero-order valence-corrected chi connectivity index (χ0v) is 14.1. The van der Waals surface area contributed by atoms with Gasteiger partial charge in [0.15, 0.2) is 0 Å². The second-order valence-electron chi connectivity index (χ2n) is 5.51. The van der Waals surface area contributed by atoms with Crippen LogP contribution in [0.1, 0.15) is 28.5 Å². The molecule has 0 N–H and O–H groups in total. The molecule has 0 aliphatic heterocycles. The van der Waals surface area contributed by atoms with E-state index in [1.807, 2.05) is 30.4 Å². The van der Waals surface area contributed by atoms with Gasteiger partial charge in [0, 0.05) is 6.20 Å². The fraction of sp³-hybridized carbons (Fsp3) is 0.0909. The zero-order valence-electron chi connectivity index (χ0n) is 14.1. The molecule has 3 heteroatoms. The summed E-state index contributed by atoms with van der Waals surface area (Å²) in [6, 6.07) is 22.0. The van der Waals surface area contributed by atoms with Gasteiger partial charge in [0.25, 0.3) is 0 Å². The van der Waals surface area contributed by atoms with Crippen LogP contribution < -0.4 is 0 Å². The van der Waals surface area contributed by atoms with Crippen molar-refractivity contribution >= 4 is 18.1 Å². The molecule has 0 unspecified atom stereocenters. The van der Waals surface area contributed by atoms with Crippen LogP contribution in [0.4, 0.5) is 0 Å². The van der Waals surface area contributed by atoms with Gasteiger partial charge in [0.2, 0.25) is 0 Å². The number of carbonyl (C=O) groups excluding carboxylic acids is 1. The minimum absolute atomic E-state index is 0.327. The molecule has 0 bridgehead atoms. The molecule has 1 heterocycles. The Hall–Kier alpha value is -3.20. The number of benzene rings is 2. The number of nitrogens with zero attached hydrogens (tertiary/aromatic N) is 1. The van der Waals surface area contributed by atoms with Gasteiger partial charge < -0.3 is 4.74 Å². The van der Waals surface area contributed by atoms with Gasteiger partial charge in [-0.1, -0.05) is 60.7 Å². The Bertz CT molecular complexity index is 868. The summed E-state index contributed by atoms with van der Waals surface area (Å²) in [6.45, 7) is 2.15. The van der Waals surface area contributed by atoms with Gasteiger partial charge in [-0.05, 0) is 41.8 Å². The van der Waals surface area contributed by atoms with E-state index in [0.717, 1.165) is 11.3 Å². The third kappa shape index (κ3) is 4.42. The first kappa shape index (κ1) is 16.7. The number of hydrogen-bond acceptors (Lipinski definition) is 3. The van der Waals surface area contributed by atoms with Crippen molar-refractivity contribution < 1.29 is 9.53 Å². The highest BCUT2D eigenvalue weighted by Gasteiger charge is 2.06. The number of carbonyl (C=O) groups is 1. The van der Waals surface area contributed by atoms with Gasteiger partial charge in [0.1, 0.15) is 0 Å². The van der Waals surface area contributed by atoms with Crippen molar-refractivity contribution in [3.05, 3.63) is 89.7 Å². The topological polar surface area (TPSA) is 39.2 Å². The number of pyridine rings is 1. The maximum atomic E-state index is 11.8. The molecule has 0 aliphatic rings. The molecule has 124 valence electrons. The van der Waals surface area contributed by atoms with E-state index in [-0.39, 0.29) is 5.97 Å². The van der Waals surface area contributed by atoms with E-state index in [4.69, 9.17) is 4.74 Å². The predicted molar refractivity (Wildman–Crippen MR) is 101 cm³/mol. The molecule has 0 aliphatic carbocycles. The van der Waals surface area contributed by atoms with Crippen molar-refractivity contribution in [1.82, 2.24) is 4.98 Å². The van der Waals surface area contributed by atoms with E-state index in [9.17, 15) is 4.79 Å². The summed E-state index contributed by atoms with van der Waals surface area (Å²) in [5.41, 5.74) is 4.68. The molecule has 0 saturated heterocycles. The van der Waals surface area contributed by atoms with E-state index in [0.29, 0.717) is 12.2 Å². The van der Waals surface area contributed by atoms with Crippen LogP contribution in [0.3, 0.4) is 0 Å². The summed E-state index contributed by atoms with van der Waals surface area (Å²) >= 11 is 0. The molecular weight excluding hydrogens is 310 g/mol. The summed E-state index contributed by atoms with van der Waals surface area (Å²) in [4.78, 5) is 16.0. The van der Waals surface area contributed by atoms with E-state index < -0.39 is 0 Å². The normalized spacial score (nSPS) is 10.8. The highest BCUT2D eigenvalue weighted by atomic mass is 16.5. The maximum absolute atomic E-state index is 11.8. The quantitative estimate of drug-likeness (QED) is 0.612. The van der Waals surface area contributed by atoms with Crippen LogP contribution in [0.25, 0.3) is 23.3 Å². The van der Waals surface area contributed by atoms with Crippen molar-refractivity contribution in [2.75, 3.05) is 6.61 Å². The Morgan fingerprint density at radius 2 is 1.68 bits per heavy atom. The van der Waals surface area contributed by atoms with Gasteiger partial charge in [-0.25, -0.2) is 4.79 Å². The molecular formula is C22H19NO2. The van der Waals surface area contributed by atoms with Crippen LogP contribution >= 0.6 is 0 Å². The fourth-order valence-corrected chi connectivity index (χ4v) is 2.48. The van der Waals surface area contributed by atoms with Crippen LogP contribution in [-0.4, -0.2) is 17.6 Å². The first-order valence-corrected chi connectivity index (χ1v) is 8.23. The number of esters is 1. The van der Waals surface area contributed by atoms with Crippen molar-refractivity contribution in [1.29, 1.82) is 0 Å². The SMILES string of the molecule is CCOC(=O)c1ccnc(/C=C/c2ccc(-c3ccccc3)cc2)c1. The number of aromatic nitrogens is 1. The van der Waals surface area contributed by atoms with Crippen LogP contribution in [-0.2, 0) is 4.74 Å². The average molecular weight is 329 g/mol. The van der Waals surface area contributed by atoms with Gasteiger partial charge in [0.05, 0.1) is 17.9 Å². The average Bonchev–Trinajstić information content (AvgIpc) is 2.68. The van der Waals surface area contributed by atoms with Gasteiger partial charge in [-0.3, -0.25) is 4.98 Å². The summed E-state index contributed by atoms with van der Waals surface area (Å²) in [5.74, 6) is -0.327. The first-order valence-electron chi connectivity index (χ1n) is 8.23. The van der Waals surface area contributed by atoms with Crippen molar-refractivity contribution in [2.24, 2.45) is 0 Å². The molecule has 3 aromatic rings. The predicted octanol–water partition coefficient (Wildman–Crippen LogP) is 5.10. The molecule has 3 rings (SSSR count). The molecule has 2 aromatic carbocycles. The number of rotatable bonds is 5. The third-order valence-electron chi connectivity index (χ3n) is 3.76. The number of hydrogen-bond donors (Lipinski definition) is 0. The monoisotopic (exact) mass is 329 g/mol. The maximum Gasteiger partial charge on any atom is 0.338 e. The lowest BCUT2D eigenvalue weighted by molar-refractivity contribution is 0.0526. The minimum Gasteiger partial charge on any atom is -0.462 e. The molecule has 25 heavy (non-hydrogen) atoms. The lowest BCUT2D eigenvalue weighted by Gasteiger charge is -2.03. The Kier molecular flexibility index (Phi) is 5.37. The van der Waals surface area contributed by atoms with Crippen molar-refractivity contribution in [3.8, 4) is 11.1 Å². The Balaban J connectivity index is 1.74. The summed E-state index contributed by atoms with van der Waals surface area (Å²) in [6.07, 6.45) is 5.48. The van der Waals surface area contributed by atoms with Crippen molar-refractivity contribution in [2.45, 2.75) is 6.92 Å². The summed E-state index contributed by atoms with van der Waals surface area (Å²) < 4.78 is 5.01. The highest BCUT2D eigenvalue weighted by Crippen LogP contribution is 2.20. The molecule has 1 aromatic heterocycles. The minimum atomic E-state index is -0.327. The zero-order chi connectivity index (χ0) is 17.5. The summed E-state index contributed by atoms with van der Waals surface area (Å²) in [5, 5.41) is 0. The smallest absolute Gasteiger partial charge is 0.338 e. The fourth-order valence-electron chi connectivity index (χ4n) is 2.48. The van der Waals surface area contributed by atoms with Gasteiger partial charge >= 0.3 is 5.97 Å². The standard InChI is InChI=1S/C22H19NO2/c1-2-25-22(24)20-14-15-23-21(16-20)13-10-17-8-11-19(12-9-17)18-6-4-3-5-7-18/h3-16H,2H2,1H3/b13-10+. The molecule has 0 amide bonds. The van der Waals surface area contributed by atoms with Crippen LogP contribution in [0.2, 0.25) is 0 Å². The molecule has 0 saturated carbocycles. The Labute approximate surface area is 147 Å². The van der Waals surface area contributed by atoms with E-state index in [1.165, 1.54) is 11.1 Å². The molecule has 0 radical (unpaired) electrons. The second kappa shape index (κ2) is 8.06. The summed E-state index contributed by atoms with van der Waals surface area (Å²) in [7, 11) is 0. The third-order valence-corrected chi connectivity index (χ3v) is 3.76. The lowest BCUT2D eigenvalue weighted by atomic mass is 10.0. The molecule has 0 fully saturated rings. The molecule has 3 nitrogen and oxygen atoms in total. The second-order valence-corrected chi connectivity index (χ2v) is 5.51. The van der Waals surface area contributed by atoms with E-state index >= 15 is 0 Å². The Morgan fingerprint density at radius 1 is 0.960 bits per heavy atom. The van der Waals surface area contributed by atoms with Crippen LogP contribution in [0.5, 0.6) is 0 Å². The van der Waals surface area contributed by atoms with Crippen LogP contribution in [0, 0.1) is 0 Å². The van der Waals surface area contributed by atoms with Gasteiger partial charge in [-0.2, -0.15) is 0 Å². The van der Waals surface area contributed by atoms with E-state index in [2.05, 4.69) is 41.4 Å². The Morgan fingerprint density at radius 3 is 2.40 bits per heavy atom. The number of ether oxygens (including phenoxy) is 1. The highest BCUT2D eigenvalue weighted by molar-refractivity contribution is 5.90. The molecule has 0 atom stereocenters. The first-order chi connectivity index (χ1) is 12.3. The molecule has 0 spiro atoms. The lowest BCUT2D eigenvalue weighted by Crippen LogP contribution is -2.04. The van der Waals surface area contributed by atoms with Crippen LogP contribution in [0.15, 0.2) is 72.9 Å². The van der Waals surface area contributed by atoms with Gasteiger partial charge in [-0.15, -0.1) is 0 Å².